The number of halogens is 1. The fourth-order valence-electron chi connectivity index (χ4n) is 3.95. The highest BCUT2D eigenvalue weighted by Crippen LogP contribution is 2.25. The van der Waals surface area contributed by atoms with Gasteiger partial charge in [0.2, 0.25) is 5.91 Å². The summed E-state index contributed by atoms with van der Waals surface area (Å²) in [6.45, 7) is 2.74. The Balaban J connectivity index is 1.65. The van der Waals surface area contributed by atoms with Crippen LogP contribution in [0.1, 0.15) is 36.0 Å². The first-order chi connectivity index (χ1) is 12.1. The maximum absolute atomic E-state index is 13.1. The molecule has 1 aromatic rings. The second kappa shape index (κ2) is 7.95. The van der Waals surface area contributed by atoms with Crippen molar-refractivity contribution in [3.05, 3.63) is 35.6 Å². The number of rotatable bonds is 4. The van der Waals surface area contributed by atoms with Crippen molar-refractivity contribution < 1.29 is 14.0 Å². The van der Waals surface area contributed by atoms with Crippen molar-refractivity contribution in [2.45, 2.75) is 31.7 Å². The molecule has 2 heterocycles. The van der Waals surface area contributed by atoms with Crippen LogP contribution in [-0.4, -0.2) is 60.9 Å². The number of likely N-dealkylation sites (tertiary alicyclic amines) is 2. The average molecular weight is 347 g/mol. The van der Waals surface area contributed by atoms with Crippen LogP contribution in [0.2, 0.25) is 0 Å². The monoisotopic (exact) mass is 347 g/mol. The number of amides is 2. The lowest BCUT2D eigenvalue weighted by molar-refractivity contribution is -0.137. The molecule has 1 N–H and O–H groups in total. The summed E-state index contributed by atoms with van der Waals surface area (Å²) in [6.07, 6.45) is 3.74. The normalized spacial score (nSPS) is 23.8. The van der Waals surface area contributed by atoms with E-state index in [-0.39, 0.29) is 29.6 Å². The van der Waals surface area contributed by atoms with Crippen LogP contribution < -0.4 is 5.32 Å². The van der Waals surface area contributed by atoms with Crippen LogP contribution >= 0.6 is 0 Å². The lowest BCUT2D eigenvalue weighted by Gasteiger charge is -2.35. The summed E-state index contributed by atoms with van der Waals surface area (Å²) in [5.74, 6) is -0.427. The number of likely N-dealkylation sites (N-methyl/N-ethyl adjacent to an activating group) is 1. The third-order valence-electron chi connectivity index (χ3n) is 5.25. The second-order valence-electron chi connectivity index (χ2n) is 6.98. The van der Waals surface area contributed by atoms with Crippen LogP contribution in [0.25, 0.3) is 0 Å². The predicted octanol–water partition coefficient (Wildman–Crippen LogP) is 1.89. The van der Waals surface area contributed by atoms with Gasteiger partial charge in [0, 0.05) is 37.8 Å². The molecule has 2 fully saturated rings. The van der Waals surface area contributed by atoms with E-state index in [1.807, 2.05) is 11.9 Å². The Kier molecular flexibility index (Phi) is 5.68. The zero-order valence-corrected chi connectivity index (χ0v) is 14.7. The highest BCUT2D eigenvalue weighted by molar-refractivity contribution is 5.94. The summed E-state index contributed by atoms with van der Waals surface area (Å²) in [4.78, 5) is 29.3. The topological polar surface area (TPSA) is 52.7 Å². The second-order valence-corrected chi connectivity index (χ2v) is 6.98. The minimum atomic E-state index is -0.354. The lowest BCUT2D eigenvalue weighted by atomic mass is 9.95. The standard InChI is InChI=1S/C19H26FN3O2/c1-21-12-17-5-3-11-23(17)19(25)15-4-2-10-22(13-15)18(24)14-6-8-16(20)9-7-14/h6-9,15,17,21H,2-5,10-13H2,1H3. The zero-order valence-electron chi connectivity index (χ0n) is 14.7. The van der Waals surface area contributed by atoms with Crippen molar-refractivity contribution in [2.24, 2.45) is 5.92 Å². The van der Waals surface area contributed by atoms with Gasteiger partial charge in [0.1, 0.15) is 5.82 Å². The van der Waals surface area contributed by atoms with Crippen LogP contribution in [0, 0.1) is 11.7 Å². The van der Waals surface area contributed by atoms with Crippen molar-refractivity contribution in [2.75, 3.05) is 33.2 Å². The SMILES string of the molecule is CNCC1CCCN1C(=O)C1CCCN(C(=O)c2ccc(F)cc2)C1. The minimum absolute atomic E-state index is 0.120. The largest absolute Gasteiger partial charge is 0.338 e. The summed E-state index contributed by atoms with van der Waals surface area (Å²) in [5, 5.41) is 3.16. The van der Waals surface area contributed by atoms with E-state index in [0.717, 1.165) is 38.8 Å². The number of carbonyl (C=O) groups excluding carboxylic acids is 2. The molecule has 2 unspecified atom stereocenters. The number of hydrogen-bond acceptors (Lipinski definition) is 3. The number of hydrogen-bond donors (Lipinski definition) is 1. The maximum atomic E-state index is 13.1. The molecule has 6 heteroatoms. The van der Waals surface area contributed by atoms with Crippen LogP contribution in [0.5, 0.6) is 0 Å². The van der Waals surface area contributed by atoms with Crippen molar-refractivity contribution in [3.63, 3.8) is 0 Å². The van der Waals surface area contributed by atoms with Gasteiger partial charge in [0.25, 0.3) is 5.91 Å². The van der Waals surface area contributed by atoms with Crippen LogP contribution in [0.4, 0.5) is 4.39 Å². The average Bonchev–Trinajstić information content (AvgIpc) is 3.10. The van der Waals surface area contributed by atoms with Crippen molar-refractivity contribution in [1.82, 2.24) is 15.1 Å². The Morgan fingerprint density at radius 2 is 1.88 bits per heavy atom. The van der Waals surface area contributed by atoms with Gasteiger partial charge in [-0.2, -0.15) is 0 Å². The summed E-state index contributed by atoms with van der Waals surface area (Å²) in [6, 6.07) is 5.87. The molecule has 136 valence electrons. The number of benzene rings is 1. The van der Waals surface area contributed by atoms with E-state index in [1.54, 1.807) is 4.90 Å². The fraction of sp³-hybridized carbons (Fsp3) is 0.579. The van der Waals surface area contributed by atoms with Crippen molar-refractivity contribution >= 4 is 11.8 Å². The molecule has 0 radical (unpaired) electrons. The molecule has 0 aromatic heterocycles. The molecule has 3 rings (SSSR count). The third-order valence-corrected chi connectivity index (χ3v) is 5.25. The quantitative estimate of drug-likeness (QED) is 0.905. The molecule has 2 amide bonds. The smallest absolute Gasteiger partial charge is 0.253 e. The summed E-state index contributed by atoms with van der Waals surface area (Å²) >= 11 is 0. The minimum Gasteiger partial charge on any atom is -0.338 e. The first-order valence-corrected chi connectivity index (χ1v) is 9.10. The number of nitrogens with zero attached hydrogens (tertiary/aromatic N) is 2. The Labute approximate surface area is 148 Å². The molecule has 0 bridgehead atoms. The van der Waals surface area contributed by atoms with E-state index in [1.165, 1.54) is 24.3 Å². The van der Waals surface area contributed by atoms with E-state index in [4.69, 9.17) is 0 Å². The van der Waals surface area contributed by atoms with E-state index in [9.17, 15) is 14.0 Å². The molecule has 0 saturated carbocycles. The summed E-state index contributed by atoms with van der Waals surface area (Å²) < 4.78 is 13.1. The fourth-order valence-corrected chi connectivity index (χ4v) is 3.95. The highest BCUT2D eigenvalue weighted by Gasteiger charge is 2.35. The molecule has 25 heavy (non-hydrogen) atoms. The molecule has 2 saturated heterocycles. The van der Waals surface area contributed by atoms with E-state index >= 15 is 0 Å². The molecular weight excluding hydrogens is 321 g/mol. The van der Waals surface area contributed by atoms with E-state index < -0.39 is 0 Å². The van der Waals surface area contributed by atoms with Gasteiger partial charge < -0.3 is 15.1 Å². The maximum Gasteiger partial charge on any atom is 0.253 e. The summed E-state index contributed by atoms with van der Waals surface area (Å²) in [7, 11) is 1.91. The van der Waals surface area contributed by atoms with Crippen LogP contribution in [-0.2, 0) is 4.79 Å². The van der Waals surface area contributed by atoms with E-state index in [0.29, 0.717) is 18.7 Å². The molecule has 0 spiro atoms. The Morgan fingerprint density at radius 3 is 2.60 bits per heavy atom. The Bertz CT molecular complexity index is 620. The Morgan fingerprint density at radius 1 is 1.16 bits per heavy atom. The Hall–Kier alpha value is -1.95. The third kappa shape index (κ3) is 4.00. The zero-order chi connectivity index (χ0) is 17.8. The van der Waals surface area contributed by atoms with Crippen LogP contribution in [0.3, 0.4) is 0 Å². The lowest BCUT2D eigenvalue weighted by Crippen LogP contribution is -2.49. The predicted molar refractivity (Wildman–Crippen MR) is 93.7 cm³/mol. The van der Waals surface area contributed by atoms with Gasteiger partial charge in [-0.05, 0) is 57.0 Å². The number of nitrogens with one attached hydrogen (secondary N) is 1. The van der Waals surface area contributed by atoms with Gasteiger partial charge in [0.15, 0.2) is 0 Å². The molecule has 2 aliphatic heterocycles. The van der Waals surface area contributed by atoms with Gasteiger partial charge >= 0.3 is 0 Å². The first kappa shape index (κ1) is 17.9. The van der Waals surface area contributed by atoms with Gasteiger partial charge in [-0.3, -0.25) is 9.59 Å². The molecule has 2 atom stereocenters. The van der Waals surface area contributed by atoms with Crippen molar-refractivity contribution in [3.8, 4) is 0 Å². The first-order valence-electron chi connectivity index (χ1n) is 9.10. The van der Waals surface area contributed by atoms with Gasteiger partial charge in [-0.1, -0.05) is 0 Å². The molecule has 5 nitrogen and oxygen atoms in total. The van der Waals surface area contributed by atoms with Crippen molar-refractivity contribution in [1.29, 1.82) is 0 Å². The molecule has 1 aromatic carbocycles. The van der Waals surface area contributed by atoms with Gasteiger partial charge in [-0.25, -0.2) is 4.39 Å². The molecule has 2 aliphatic rings. The summed E-state index contributed by atoms with van der Waals surface area (Å²) in [5.41, 5.74) is 0.476. The number of piperidine rings is 1. The number of carbonyl (C=O) groups is 2. The molecule has 0 aliphatic carbocycles. The van der Waals surface area contributed by atoms with E-state index in [2.05, 4.69) is 5.32 Å². The molecular formula is C19H26FN3O2. The van der Waals surface area contributed by atoms with Gasteiger partial charge in [-0.15, -0.1) is 0 Å². The van der Waals surface area contributed by atoms with Gasteiger partial charge in [0.05, 0.1) is 5.92 Å². The van der Waals surface area contributed by atoms with Crippen LogP contribution in [0.15, 0.2) is 24.3 Å². The highest BCUT2D eigenvalue weighted by atomic mass is 19.1.